The van der Waals surface area contributed by atoms with Gasteiger partial charge in [-0.3, -0.25) is 0 Å². The van der Waals surface area contributed by atoms with E-state index in [1.165, 1.54) is 6.42 Å². The maximum absolute atomic E-state index is 5.65. The van der Waals surface area contributed by atoms with Crippen LogP contribution >= 0.6 is 0 Å². The van der Waals surface area contributed by atoms with Crippen molar-refractivity contribution in [3.63, 3.8) is 0 Å². The average molecular weight is 258 g/mol. The molecule has 0 radical (unpaired) electrons. The van der Waals surface area contributed by atoms with E-state index in [1.54, 1.807) is 0 Å². The highest BCUT2D eigenvalue weighted by atomic mass is 16.7. The molecule has 0 bridgehead atoms. The molecular formula is C14H30N2O2. The molecule has 108 valence electrons. The molecule has 0 saturated carbocycles. The molecule has 1 unspecified atom stereocenters. The van der Waals surface area contributed by atoms with E-state index < -0.39 is 5.79 Å². The van der Waals surface area contributed by atoms with Crippen molar-refractivity contribution in [2.24, 2.45) is 5.92 Å². The summed E-state index contributed by atoms with van der Waals surface area (Å²) >= 11 is 0. The third-order valence-electron chi connectivity index (χ3n) is 3.38. The molecule has 1 aliphatic heterocycles. The fraction of sp³-hybridized carbons (Fsp3) is 1.00. The lowest BCUT2D eigenvalue weighted by Gasteiger charge is -2.36. The van der Waals surface area contributed by atoms with Crippen molar-refractivity contribution in [1.29, 1.82) is 0 Å². The van der Waals surface area contributed by atoms with Crippen LogP contribution in [-0.4, -0.2) is 56.6 Å². The van der Waals surface area contributed by atoms with E-state index in [2.05, 4.69) is 38.2 Å². The van der Waals surface area contributed by atoms with Gasteiger partial charge in [0, 0.05) is 12.6 Å². The van der Waals surface area contributed by atoms with Crippen LogP contribution in [-0.2, 0) is 9.47 Å². The predicted octanol–water partition coefficient (Wildman–Crippen LogP) is 1.70. The zero-order valence-corrected chi connectivity index (χ0v) is 12.8. The van der Waals surface area contributed by atoms with Crippen LogP contribution in [0.25, 0.3) is 0 Å². The number of hydrogen-bond donors (Lipinski definition) is 1. The van der Waals surface area contributed by atoms with Crippen LogP contribution in [0.5, 0.6) is 0 Å². The second-order valence-corrected chi connectivity index (χ2v) is 6.37. The van der Waals surface area contributed by atoms with Gasteiger partial charge in [0.2, 0.25) is 0 Å². The summed E-state index contributed by atoms with van der Waals surface area (Å²) in [5, 5.41) is 3.55. The molecule has 0 aromatic rings. The normalized spacial score (nSPS) is 22.7. The molecule has 1 rings (SSSR count). The maximum Gasteiger partial charge on any atom is 0.162 e. The van der Waals surface area contributed by atoms with Crippen LogP contribution in [0.15, 0.2) is 0 Å². The molecule has 1 fully saturated rings. The van der Waals surface area contributed by atoms with Gasteiger partial charge in [0.25, 0.3) is 0 Å². The van der Waals surface area contributed by atoms with E-state index in [0.717, 1.165) is 25.7 Å². The average Bonchev–Trinajstić information content (AvgIpc) is 2.25. The van der Waals surface area contributed by atoms with Gasteiger partial charge < -0.3 is 19.7 Å². The number of likely N-dealkylation sites (N-methyl/N-ethyl adjacent to an activating group) is 1. The van der Waals surface area contributed by atoms with E-state index in [-0.39, 0.29) is 0 Å². The minimum absolute atomic E-state index is 0.313. The van der Waals surface area contributed by atoms with Gasteiger partial charge in [0.1, 0.15) is 0 Å². The Morgan fingerprint density at radius 2 is 1.78 bits per heavy atom. The minimum atomic E-state index is -0.420. The number of nitrogens with one attached hydrogen (secondary N) is 1. The van der Waals surface area contributed by atoms with Crippen LogP contribution in [0.3, 0.4) is 0 Å². The smallest absolute Gasteiger partial charge is 0.162 e. The lowest BCUT2D eigenvalue weighted by Crippen LogP contribution is -2.51. The van der Waals surface area contributed by atoms with Crippen LogP contribution in [0.2, 0.25) is 0 Å². The highest BCUT2D eigenvalue weighted by molar-refractivity contribution is 4.77. The van der Waals surface area contributed by atoms with Gasteiger partial charge >= 0.3 is 0 Å². The lowest BCUT2D eigenvalue weighted by molar-refractivity contribution is -0.253. The second kappa shape index (κ2) is 6.85. The summed E-state index contributed by atoms with van der Waals surface area (Å²) in [4.78, 5) is 2.29. The van der Waals surface area contributed by atoms with Crippen molar-refractivity contribution in [2.45, 2.75) is 52.0 Å². The minimum Gasteiger partial charge on any atom is -0.349 e. The Labute approximate surface area is 112 Å². The first kappa shape index (κ1) is 15.9. The molecular weight excluding hydrogens is 228 g/mol. The molecule has 0 aromatic carbocycles. The summed E-state index contributed by atoms with van der Waals surface area (Å²) in [5.41, 5.74) is 0. The molecule has 1 aliphatic rings. The summed E-state index contributed by atoms with van der Waals surface area (Å²) in [5.74, 6) is 0.300. The van der Waals surface area contributed by atoms with E-state index in [0.29, 0.717) is 12.1 Å². The molecule has 4 heteroatoms. The summed E-state index contributed by atoms with van der Waals surface area (Å²) in [6.07, 6.45) is 1.21. The molecule has 1 atom stereocenters. The first-order chi connectivity index (χ1) is 8.30. The fourth-order valence-corrected chi connectivity index (χ4v) is 2.13. The SMILES string of the molecule is CC(C)CC(CNC1COC(C)(C)OC1)N(C)C. The number of ether oxygens (including phenoxy) is 2. The van der Waals surface area contributed by atoms with E-state index in [4.69, 9.17) is 9.47 Å². The van der Waals surface area contributed by atoms with Crippen LogP contribution < -0.4 is 5.32 Å². The Bertz CT molecular complexity index is 232. The predicted molar refractivity (Wildman–Crippen MR) is 74.7 cm³/mol. The molecule has 0 spiro atoms. The largest absolute Gasteiger partial charge is 0.349 e. The van der Waals surface area contributed by atoms with Crippen molar-refractivity contribution in [3.8, 4) is 0 Å². The summed E-state index contributed by atoms with van der Waals surface area (Å²) in [7, 11) is 4.29. The van der Waals surface area contributed by atoms with Gasteiger partial charge in [-0.1, -0.05) is 13.8 Å². The molecule has 0 aliphatic carbocycles. The Kier molecular flexibility index (Phi) is 6.05. The van der Waals surface area contributed by atoms with Gasteiger partial charge in [-0.2, -0.15) is 0 Å². The van der Waals surface area contributed by atoms with Gasteiger partial charge in [-0.05, 0) is 40.3 Å². The van der Waals surface area contributed by atoms with Gasteiger partial charge in [0.05, 0.1) is 19.3 Å². The standard InChI is InChI=1S/C14H30N2O2/c1-11(2)7-13(16(5)6)8-15-12-9-17-14(3,4)18-10-12/h11-13,15H,7-10H2,1-6H3. The van der Waals surface area contributed by atoms with E-state index >= 15 is 0 Å². The Hall–Kier alpha value is -0.160. The first-order valence-electron chi connectivity index (χ1n) is 6.98. The van der Waals surface area contributed by atoms with Gasteiger partial charge in [-0.25, -0.2) is 0 Å². The first-order valence-corrected chi connectivity index (χ1v) is 6.98. The van der Waals surface area contributed by atoms with Crippen molar-refractivity contribution in [3.05, 3.63) is 0 Å². The molecule has 0 aromatic heterocycles. The molecule has 1 N–H and O–H groups in total. The van der Waals surface area contributed by atoms with Gasteiger partial charge in [-0.15, -0.1) is 0 Å². The van der Waals surface area contributed by atoms with E-state index in [1.807, 2.05) is 13.8 Å². The van der Waals surface area contributed by atoms with Crippen molar-refractivity contribution >= 4 is 0 Å². The Morgan fingerprint density at radius 3 is 2.22 bits per heavy atom. The van der Waals surface area contributed by atoms with Crippen LogP contribution in [0.4, 0.5) is 0 Å². The van der Waals surface area contributed by atoms with E-state index in [9.17, 15) is 0 Å². The van der Waals surface area contributed by atoms with Crippen LogP contribution in [0, 0.1) is 5.92 Å². The third kappa shape index (κ3) is 5.65. The van der Waals surface area contributed by atoms with Crippen molar-refractivity contribution < 1.29 is 9.47 Å². The Balaban J connectivity index is 2.30. The topological polar surface area (TPSA) is 33.7 Å². The summed E-state index contributed by atoms with van der Waals surface area (Å²) in [6, 6.07) is 0.882. The number of rotatable bonds is 6. The fourth-order valence-electron chi connectivity index (χ4n) is 2.13. The zero-order chi connectivity index (χ0) is 13.8. The Morgan fingerprint density at radius 1 is 1.22 bits per heavy atom. The number of hydrogen-bond acceptors (Lipinski definition) is 4. The third-order valence-corrected chi connectivity index (χ3v) is 3.38. The quantitative estimate of drug-likeness (QED) is 0.786. The summed E-state index contributed by atoms with van der Waals surface area (Å²) < 4.78 is 11.3. The molecule has 4 nitrogen and oxygen atoms in total. The zero-order valence-electron chi connectivity index (χ0n) is 12.8. The van der Waals surface area contributed by atoms with Crippen molar-refractivity contribution in [2.75, 3.05) is 33.9 Å². The highest BCUT2D eigenvalue weighted by Gasteiger charge is 2.28. The van der Waals surface area contributed by atoms with Crippen molar-refractivity contribution in [1.82, 2.24) is 10.2 Å². The maximum atomic E-state index is 5.65. The molecule has 18 heavy (non-hydrogen) atoms. The highest BCUT2D eigenvalue weighted by Crippen LogP contribution is 2.17. The molecule has 1 saturated heterocycles. The molecule has 1 heterocycles. The number of nitrogens with zero attached hydrogens (tertiary/aromatic N) is 1. The summed E-state index contributed by atoms with van der Waals surface area (Å²) in [6.45, 7) is 10.9. The van der Waals surface area contributed by atoms with Crippen LogP contribution in [0.1, 0.15) is 34.1 Å². The van der Waals surface area contributed by atoms with Gasteiger partial charge in [0.15, 0.2) is 5.79 Å². The monoisotopic (exact) mass is 258 g/mol. The lowest BCUT2D eigenvalue weighted by atomic mass is 10.0. The molecule has 0 amide bonds. The second-order valence-electron chi connectivity index (χ2n) is 6.37.